The fourth-order valence-electron chi connectivity index (χ4n) is 2.97. The number of hydrogen-bond acceptors (Lipinski definition) is 4. The Morgan fingerprint density at radius 2 is 2.18 bits per heavy atom. The summed E-state index contributed by atoms with van der Waals surface area (Å²) in [5.74, 6) is 0.109. The van der Waals surface area contributed by atoms with E-state index in [1.807, 2.05) is 6.92 Å². The average Bonchev–Trinajstić information content (AvgIpc) is 2.47. The Labute approximate surface area is 131 Å². The third kappa shape index (κ3) is 3.54. The maximum atomic E-state index is 12.6. The van der Waals surface area contributed by atoms with Gasteiger partial charge < -0.3 is 0 Å². The van der Waals surface area contributed by atoms with Crippen molar-refractivity contribution in [1.29, 1.82) is 5.26 Å². The van der Waals surface area contributed by atoms with Crippen molar-refractivity contribution < 1.29 is 13.2 Å². The molecule has 0 bridgehead atoms. The van der Waals surface area contributed by atoms with Crippen molar-refractivity contribution in [2.75, 3.05) is 0 Å². The Balaban J connectivity index is 2.33. The first-order chi connectivity index (χ1) is 10.3. The molecular formula is C16H20N2O3S. The summed E-state index contributed by atoms with van der Waals surface area (Å²) in [4.78, 5) is 11.4. The standard InChI is InChI=1S/C16H20N2O3S/c1-12-5-4-8-16(10-12,11-17)18-22(20,21)15-7-3-6-14(9-15)13(2)19/h3,6-7,9,12,18H,4-5,8,10H2,1-2H3/t12-,16-/m1/s1. The second-order valence-electron chi connectivity index (χ2n) is 6.08. The van der Waals surface area contributed by atoms with Crippen LogP contribution >= 0.6 is 0 Å². The number of carbonyl (C=O) groups excluding carboxylic acids is 1. The van der Waals surface area contributed by atoms with Crippen molar-refractivity contribution in [2.45, 2.75) is 50.0 Å². The van der Waals surface area contributed by atoms with Crippen LogP contribution in [0.25, 0.3) is 0 Å². The number of sulfonamides is 1. The highest BCUT2D eigenvalue weighted by molar-refractivity contribution is 7.89. The van der Waals surface area contributed by atoms with Crippen LogP contribution in [-0.4, -0.2) is 19.7 Å². The quantitative estimate of drug-likeness (QED) is 0.864. The summed E-state index contributed by atoms with van der Waals surface area (Å²) >= 11 is 0. The average molecular weight is 320 g/mol. The first-order valence-electron chi connectivity index (χ1n) is 7.34. The van der Waals surface area contributed by atoms with Gasteiger partial charge in [-0.2, -0.15) is 9.98 Å². The minimum atomic E-state index is -3.83. The zero-order chi connectivity index (χ0) is 16.4. The van der Waals surface area contributed by atoms with Crippen molar-refractivity contribution in [1.82, 2.24) is 4.72 Å². The molecule has 2 rings (SSSR count). The Kier molecular flexibility index (Phi) is 4.69. The van der Waals surface area contributed by atoms with Crippen LogP contribution in [0.5, 0.6) is 0 Å². The maximum absolute atomic E-state index is 12.6. The number of ketones is 1. The van der Waals surface area contributed by atoms with Crippen LogP contribution < -0.4 is 4.72 Å². The van der Waals surface area contributed by atoms with Crippen LogP contribution in [0.3, 0.4) is 0 Å². The molecule has 22 heavy (non-hydrogen) atoms. The number of nitrogens with zero attached hydrogens (tertiary/aromatic N) is 1. The zero-order valence-corrected chi connectivity index (χ0v) is 13.6. The van der Waals surface area contributed by atoms with Crippen LogP contribution in [0.4, 0.5) is 0 Å². The molecular weight excluding hydrogens is 300 g/mol. The third-order valence-electron chi connectivity index (χ3n) is 4.09. The maximum Gasteiger partial charge on any atom is 0.241 e. The number of Topliss-reactive ketones (excluding diaryl/α,β-unsaturated/α-hetero) is 1. The van der Waals surface area contributed by atoms with Gasteiger partial charge >= 0.3 is 0 Å². The van der Waals surface area contributed by atoms with Gasteiger partial charge in [-0.1, -0.05) is 31.9 Å². The second-order valence-corrected chi connectivity index (χ2v) is 7.77. The molecule has 0 radical (unpaired) electrons. The lowest BCUT2D eigenvalue weighted by Gasteiger charge is -2.34. The zero-order valence-electron chi connectivity index (χ0n) is 12.8. The molecule has 1 aromatic rings. The Bertz CT molecular complexity index is 721. The molecule has 1 fully saturated rings. The van der Waals surface area contributed by atoms with E-state index < -0.39 is 15.6 Å². The Hall–Kier alpha value is -1.71. The number of carbonyl (C=O) groups is 1. The lowest BCUT2D eigenvalue weighted by atomic mass is 9.78. The molecule has 0 saturated heterocycles. The fraction of sp³-hybridized carbons (Fsp3) is 0.500. The summed E-state index contributed by atoms with van der Waals surface area (Å²) in [7, 11) is -3.83. The van der Waals surface area contributed by atoms with Crippen LogP contribution in [0.15, 0.2) is 29.2 Å². The highest BCUT2D eigenvalue weighted by atomic mass is 32.2. The molecule has 5 nitrogen and oxygen atoms in total. The summed E-state index contributed by atoms with van der Waals surface area (Å²) < 4.78 is 27.7. The largest absolute Gasteiger partial charge is 0.295 e. The first-order valence-corrected chi connectivity index (χ1v) is 8.82. The smallest absolute Gasteiger partial charge is 0.241 e. The third-order valence-corrected chi connectivity index (χ3v) is 5.63. The predicted octanol–water partition coefficient (Wildman–Crippen LogP) is 2.64. The van der Waals surface area contributed by atoms with Gasteiger partial charge in [0.15, 0.2) is 5.78 Å². The Morgan fingerprint density at radius 3 is 2.77 bits per heavy atom. The molecule has 2 atom stereocenters. The lowest BCUT2D eigenvalue weighted by Crippen LogP contribution is -2.49. The van der Waals surface area contributed by atoms with Gasteiger partial charge in [0, 0.05) is 5.56 Å². The molecule has 0 unspecified atom stereocenters. The minimum absolute atomic E-state index is 0.0213. The molecule has 1 saturated carbocycles. The lowest BCUT2D eigenvalue weighted by molar-refractivity contribution is 0.101. The number of nitriles is 1. The fourth-order valence-corrected chi connectivity index (χ4v) is 4.37. The summed E-state index contributed by atoms with van der Waals surface area (Å²) in [6, 6.07) is 8.05. The first kappa shape index (κ1) is 16.7. The van der Waals surface area contributed by atoms with E-state index in [2.05, 4.69) is 10.8 Å². The van der Waals surface area contributed by atoms with E-state index in [1.54, 1.807) is 6.07 Å². The van der Waals surface area contributed by atoms with Crippen LogP contribution in [-0.2, 0) is 10.0 Å². The summed E-state index contributed by atoms with van der Waals surface area (Å²) in [5, 5.41) is 9.48. The highest BCUT2D eigenvalue weighted by Crippen LogP contribution is 2.33. The van der Waals surface area contributed by atoms with E-state index in [1.165, 1.54) is 25.1 Å². The monoisotopic (exact) mass is 320 g/mol. The van der Waals surface area contributed by atoms with Crippen LogP contribution in [0, 0.1) is 17.2 Å². The molecule has 0 heterocycles. The van der Waals surface area contributed by atoms with E-state index in [0.29, 0.717) is 24.3 Å². The van der Waals surface area contributed by atoms with E-state index in [-0.39, 0.29) is 10.7 Å². The van der Waals surface area contributed by atoms with E-state index >= 15 is 0 Å². The topological polar surface area (TPSA) is 87.0 Å². The molecule has 0 amide bonds. The molecule has 1 aliphatic rings. The predicted molar refractivity (Wildman–Crippen MR) is 82.7 cm³/mol. The normalized spacial score (nSPS) is 25.4. The van der Waals surface area contributed by atoms with Crippen molar-refractivity contribution in [2.24, 2.45) is 5.92 Å². The molecule has 6 heteroatoms. The van der Waals surface area contributed by atoms with Crippen molar-refractivity contribution in [3.05, 3.63) is 29.8 Å². The molecule has 1 aromatic carbocycles. The van der Waals surface area contributed by atoms with Crippen molar-refractivity contribution in [3.8, 4) is 6.07 Å². The number of nitrogens with one attached hydrogen (secondary N) is 1. The SMILES string of the molecule is CC(=O)c1cccc(S(=O)(=O)N[C@]2(C#N)CCC[C@@H](C)C2)c1. The molecule has 0 aliphatic heterocycles. The van der Waals surface area contributed by atoms with Gasteiger partial charge in [0.1, 0.15) is 5.54 Å². The van der Waals surface area contributed by atoms with Crippen molar-refractivity contribution >= 4 is 15.8 Å². The van der Waals surface area contributed by atoms with E-state index in [9.17, 15) is 18.5 Å². The highest BCUT2D eigenvalue weighted by Gasteiger charge is 2.39. The van der Waals surface area contributed by atoms with Gasteiger partial charge in [-0.15, -0.1) is 0 Å². The van der Waals surface area contributed by atoms with E-state index in [0.717, 1.165) is 12.8 Å². The van der Waals surface area contributed by atoms with Gasteiger partial charge in [0.25, 0.3) is 0 Å². The van der Waals surface area contributed by atoms with Crippen LogP contribution in [0.2, 0.25) is 0 Å². The number of hydrogen-bond donors (Lipinski definition) is 1. The molecule has 118 valence electrons. The molecule has 1 aliphatic carbocycles. The number of benzene rings is 1. The van der Waals surface area contributed by atoms with Gasteiger partial charge in [-0.05, 0) is 37.8 Å². The summed E-state index contributed by atoms with van der Waals surface area (Å²) in [5.41, 5.74) is -0.714. The number of rotatable bonds is 4. The van der Waals surface area contributed by atoms with Crippen molar-refractivity contribution in [3.63, 3.8) is 0 Å². The Morgan fingerprint density at radius 1 is 1.45 bits per heavy atom. The summed E-state index contributed by atoms with van der Waals surface area (Å²) in [6.45, 7) is 3.41. The van der Waals surface area contributed by atoms with Gasteiger partial charge in [0.05, 0.1) is 11.0 Å². The minimum Gasteiger partial charge on any atom is -0.295 e. The molecule has 0 aromatic heterocycles. The van der Waals surface area contributed by atoms with Gasteiger partial charge in [-0.25, -0.2) is 8.42 Å². The van der Waals surface area contributed by atoms with E-state index in [4.69, 9.17) is 0 Å². The molecule has 0 spiro atoms. The summed E-state index contributed by atoms with van der Waals surface area (Å²) in [6.07, 6.45) is 2.85. The van der Waals surface area contributed by atoms with Crippen LogP contribution in [0.1, 0.15) is 49.9 Å². The van der Waals surface area contributed by atoms with Gasteiger partial charge in [-0.3, -0.25) is 4.79 Å². The van der Waals surface area contributed by atoms with Gasteiger partial charge in [0.2, 0.25) is 10.0 Å². The second kappa shape index (κ2) is 6.19. The molecule has 1 N–H and O–H groups in total.